The molecule has 0 radical (unpaired) electrons. The molecule has 1 aromatic carbocycles. The Morgan fingerprint density at radius 1 is 1.38 bits per heavy atom. The highest BCUT2D eigenvalue weighted by atomic mass is 16.5. The fourth-order valence-electron chi connectivity index (χ4n) is 3.34. The van der Waals surface area contributed by atoms with E-state index in [1.165, 1.54) is 11.1 Å². The van der Waals surface area contributed by atoms with Crippen LogP contribution in [0.5, 0.6) is 5.75 Å². The summed E-state index contributed by atoms with van der Waals surface area (Å²) in [5.41, 5.74) is 2.74. The molecular weight excluding hydrogens is 264 g/mol. The van der Waals surface area contributed by atoms with Gasteiger partial charge in [0.2, 0.25) is 0 Å². The summed E-state index contributed by atoms with van der Waals surface area (Å²) < 4.78 is 5.69. The van der Waals surface area contributed by atoms with Crippen LogP contribution in [0.15, 0.2) is 18.2 Å². The standard InChI is InChI=1S/C17H24N2O2/c1-2-18-16-8-5-13-11-14(6-7-15(13)16)21-12-17(20)19-9-3-4-10-19/h6-7,11,16,18H,2-5,8-10,12H2,1H3. The summed E-state index contributed by atoms with van der Waals surface area (Å²) in [7, 11) is 0. The Morgan fingerprint density at radius 3 is 2.95 bits per heavy atom. The third-order valence-corrected chi connectivity index (χ3v) is 4.46. The number of hydrogen-bond acceptors (Lipinski definition) is 3. The maximum absolute atomic E-state index is 12.0. The number of nitrogens with zero attached hydrogens (tertiary/aromatic N) is 1. The zero-order valence-electron chi connectivity index (χ0n) is 12.7. The maximum Gasteiger partial charge on any atom is 0.260 e. The van der Waals surface area contributed by atoms with Crippen LogP contribution in [0.1, 0.15) is 43.4 Å². The number of nitrogens with one attached hydrogen (secondary N) is 1. The number of aryl methyl sites for hydroxylation is 1. The predicted octanol–water partition coefficient (Wildman–Crippen LogP) is 2.28. The molecule has 1 amide bonds. The molecule has 0 saturated carbocycles. The van der Waals surface area contributed by atoms with Gasteiger partial charge in [-0.05, 0) is 55.5 Å². The second-order valence-electron chi connectivity index (χ2n) is 5.89. The van der Waals surface area contributed by atoms with Gasteiger partial charge < -0.3 is 15.0 Å². The molecule has 1 N–H and O–H groups in total. The molecule has 1 fully saturated rings. The first-order chi connectivity index (χ1) is 10.3. The molecule has 2 aliphatic rings. The van der Waals surface area contributed by atoms with Crippen LogP contribution < -0.4 is 10.1 Å². The van der Waals surface area contributed by atoms with Gasteiger partial charge in [0.05, 0.1) is 0 Å². The van der Waals surface area contributed by atoms with E-state index in [0.29, 0.717) is 6.04 Å². The summed E-state index contributed by atoms with van der Waals surface area (Å²) in [5, 5.41) is 3.51. The Balaban J connectivity index is 1.58. The van der Waals surface area contributed by atoms with Crippen molar-refractivity contribution in [1.82, 2.24) is 10.2 Å². The summed E-state index contributed by atoms with van der Waals surface area (Å²) in [6, 6.07) is 6.71. The molecule has 4 heteroatoms. The molecule has 1 unspecified atom stereocenters. The van der Waals surface area contributed by atoms with Gasteiger partial charge in [-0.25, -0.2) is 0 Å². The Morgan fingerprint density at radius 2 is 2.19 bits per heavy atom. The van der Waals surface area contributed by atoms with Gasteiger partial charge in [0.25, 0.3) is 5.91 Å². The van der Waals surface area contributed by atoms with E-state index < -0.39 is 0 Å². The fraction of sp³-hybridized carbons (Fsp3) is 0.588. The van der Waals surface area contributed by atoms with Crippen LogP contribution in [0.25, 0.3) is 0 Å². The normalized spacial score (nSPS) is 20.6. The average Bonchev–Trinajstić information content (AvgIpc) is 3.15. The molecule has 1 saturated heterocycles. The largest absolute Gasteiger partial charge is 0.484 e. The van der Waals surface area contributed by atoms with Crippen LogP contribution in [-0.4, -0.2) is 37.0 Å². The maximum atomic E-state index is 12.0. The molecule has 0 bridgehead atoms. The van der Waals surface area contributed by atoms with Gasteiger partial charge in [0, 0.05) is 19.1 Å². The molecular formula is C17H24N2O2. The quantitative estimate of drug-likeness (QED) is 0.904. The summed E-state index contributed by atoms with van der Waals surface area (Å²) in [6.07, 6.45) is 4.48. The Bertz CT molecular complexity index is 510. The molecule has 1 aromatic rings. The van der Waals surface area contributed by atoms with Gasteiger partial charge in [-0.2, -0.15) is 0 Å². The molecule has 4 nitrogen and oxygen atoms in total. The highest BCUT2D eigenvalue weighted by molar-refractivity contribution is 5.78. The van der Waals surface area contributed by atoms with E-state index in [0.717, 1.165) is 51.1 Å². The first-order valence-electron chi connectivity index (χ1n) is 8.04. The van der Waals surface area contributed by atoms with Crippen molar-refractivity contribution in [2.45, 2.75) is 38.6 Å². The molecule has 21 heavy (non-hydrogen) atoms. The van der Waals surface area contributed by atoms with Gasteiger partial charge in [-0.15, -0.1) is 0 Å². The average molecular weight is 288 g/mol. The molecule has 1 aliphatic carbocycles. The molecule has 0 spiro atoms. The number of benzene rings is 1. The molecule has 1 aliphatic heterocycles. The van der Waals surface area contributed by atoms with Crippen molar-refractivity contribution in [3.63, 3.8) is 0 Å². The lowest BCUT2D eigenvalue weighted by Gasteiger charge is -2.16. The summed E-state index contributed by atoms with van der Waals surface area (Å²) >= 11 is 0. The van der Waals surface area contributed by atoms with Gasteiger partial charge in [0.15, 0.2) is 6.61 Å². The molecule has 0 aromatic heterocycles. The second-order valence-corrected chi connectivity index (χ2v) is 5.89. The third-order valence-electron chi connectivity index (χ3n) is 4.46. The first-order valence-corrected chi connectivity index (χ1v) is 8.04. The molecule has 114 valence electrons. The van der Waals surface area contributed by atoms with Crippen molar-refractivity contribution in [2.24, 2.45) is 0 Å². The van der Waals surface area contributed by atoms with Crippen molar-refractivity contribution in [3.8, 4) is 5.75 Å². The summed E-state index contributed by atoms with van der Waals surface area (Å²) in [6.45, 7) is 5.06. The molecule has 3 rings (SSSR count). The SMILES string of the molecule is CCNC1CCc2cc(OCC(=O)N3CCCC3)ccc21. The van der Waals surface area contributed by atoms with Crippen molar-refractivity contribution in [1.29, 1.82) is 0 Å². The predicted molar refractivity (Wildman–Crippen MR) is 82.5 cm³/mol. The zero-order chi connectivity index (χ0) is 14.7. The Hall–Kier alpha value is -1.55. The summed E-state index contributed by atoms with van der Waals surface area (Å²) in [5.74, 6) is 0.928. The number of carbonyl (C=O) groups excluding carboxylic acids is 1. The lowest BCUT2D eigenvalue weighted by atomic mass is 10.1. The van der Waals surface area contributed by atoms with Crippen molar-refractivity contribution >= 4 is 5.91 Å². The van der Waals surface area contributed by atoms with E-state index in [1.807, 2.05) is 11.0 Å². The first kappa shape index (κ1) is 14.4. The van der Waals surface area contributed by atoms with E-state index in [9.17, 15) is 4.79 Å². The monoisotopic (exact) mass is 288 g/mol. The van der Waals surface area contributed by atoms with Crippen LogP contribution in [0, 0.1) is 0 Å². The van der Waals surface area contributed by atoms with E-state index in [1.54, 1.807) is 0 Å². The highest BCUT2D eigenvalue weighted by Gasteiger charge is 2.22. The number of likely N-dealkylation sites (tertiary alicyclic amines) is 1. The van der Waals surface area contributed by atoms with E-state index in [-0.39, 0.29) is 12.5 Å². The van der Waals surface area contributed by atoms with Gasteiger partial charge >= 0.3 is 0 Å². The van der Waals surface area contributed by atoms with Crippen LogP contribution >= 0.6 is 0 Å². The topological polar surface area (TPSA) is 41.6 Å². The third kappa shape index (κ3) is 3.21. The van der Waals surface area contributed by atoms with E-state index >= 15 is 0 Å². The number of carbonyl (C=O) groups is 1. The molecule has 1 heterocycles. The lowest BCUT2D eigenvalue weighted by Crippen LogP contribution is -2.32. The smallest absolute Gasteiger partial charge is 0.260 e. The molecule has 1 atom stereocenters. The van der Waals surface area contributed by atoms with Crippen molar-refractivity contribution < 1.29 is 9.53 Å². The van der Waals surface area contributed by atoms with Crippen molar-refractivity contribution in [3.05, 3.63) is 29.3 Å². The minimum Gasteiger partial charge on any atom is -0.484 e. The minimum atomic E-state index is 0.110. The van der Waals surface area contributed by atoms with E-state index in [2.05, 4.69) is 24.4 Å². The van der Waals surface area contributed by atoms with Crippen LogP contribution in [0.2, 0.25) is 0 Å². The number of rotatable bonds is 5. The lowest BCUT2D eigenvalue weighted by molar-refractivity contribution is -0.132. The minimum absolute atomic E-state index is 0.110. The van der Waals surface area contributed by atoms with Crippen LogP contribution in [0.4, 0.5) is 0 Å². The van der Waals surface area contributed by atoms with Gasteiger partial charge in [-0.1, -0.05) is 13.0 Å². The van der Waals surface area contributed by atoms with Gasteiger partial charge in [-0.3, -0.25) is 4.79 Å². The fourth-order valence-corrected chi connectivity index (χ4v) is 3.34. The Kier molecular flexibility index (Phi) is 4.44. The highest BCUT2D eigenvalue weighted by Crippen LogP contribution is 2.33. The number of ether oxygens (including phenoxy) is 1. The van der Waals surface area contributed by atoms with Crippen molar-refractivity contribution in [2.75, 3.05) is 26.2 Å². The number of hydrogen-bond donors (Lipinski definition) is 1. The Labute approximate surface area is 126 Å². The zero-order valence-corrected chi connectivity index (χ0v) is 12.7. The summed E-state index contributed by atoms with van der Waals surface area (Å²) in [4.78, 5) is 13.9. The second kappa shape index (κ2) is 6.48. The van der Waals surface area contributed by atoms with Gasteiger partial charge in [0.1, 0.15) is 5.75 Å². The van der Waals surface area contributed by atoms with Crippen LogP contribution in [-0.2, 0) is 11.2 Å². The van der Waals surface area contributed by atoms with E-state index in [4.69, 9.17) is 4.74 Å². The number of fused-ring (bicyclic) bond motifs is 1. The van der Waals surface area contributed by atoms with Crippen LogP contribution in [0.3, 0.4) is 0 Å². The number of amides is 1.